The Hall–Kier alpha value is -2.59. The van der Waals surface area contributed by atoms with Crippen LogP contribution in [0.4, 0.5) is 0 Å². The Balaban J connectivity index is 1.43. The van der Waals surface area contributed by atoms with Crippen LogP contribution in [0.2, 0.25) is 0 Å². The molecule has 0 spiro atoms. The van der Waals surface area contributed by atoms with E-state index in [-0.39, 0.29) is 0 Å². The lowest BCUT2D eigenvalue weighted by molar-refractivity contribution is 0.818. The summed E-state index contributed by atoms with van der Waals surface area (Å²) in [6.45, 7) is 3.93. The van der Waals surface area contributed by atoms with Crippen LogP contribution in [0.3, 0.4) is 0 Å². The molecule has 3 aromatic heterocycles. The minimum absolute atomic E-state index is 0.532. The number of rotatable bonds is 6. The molecule has 0 atom stereocenters. The number of hydrogen-bond donors (Lipinski definition) is 1. The molecule has 0 bridgehead atoms. The Morgan fingerprint density at radius 2 is 1.81 bits per heavy atom. The van der Waals surface area contributed by atoms with Gasteiger partial charge in [0.05, 0.1) is 5.75 Å². The number of aryl methyl sites for hydroxylation is 2. The van der Waals surface area contributed by atoms with Gasteiger partial charge in [0.15, 0.2) is 5.82 Å². The summed E-state index contributed by atoms with van der Waals surface area (Å²) >= 11 is 3.02. The molecule has 4 aromatic rings. The molecule has 10 heteroatoms. The fourth-order valence-corrected chi connectivity index (χ4v) is 4.14. The molecule has 0 aliphatic rings. The van der Waals surface area contributed by atoms with Crippen molar-refractivity contribution in [3.05, 3.63) is 59.2 Å². The van der Waals surface area contributed by atoms with Crippen LogP contribution >= 0.6 is 23.5 Å². The van der Waals surface area contributed by atoms with Gasteiger partial charge in [-0.15, -0.1) is 15.3 Å². The number of nitrogens with two attached hydrogens (primary N) is 1. The molecule has 4 rings (SSSR count). The van der Waals surface area contributed by atoms with Gasteiger partial charge in [0.1, 0.15) is 0 Å². The second-order valence-corrected chi connectivity index (χ2v) is 7.86. The molecule has 0 saturated carbocycles. The summed E-state index contributed by atoms with van der Waals surface area (Å²) < 4.78 is 3.27. The molecule has 27 heavy (non-hydrogen) atoms. The van der Waals surface area contributed by atoms with Gasteiger partial charge in [-0.25, -0.2) is 14.2 Å². The molecular formula is C17H18N8S2. The number of hydrogen-bond acceptors (Lipinski definition) is 8. The van der Waals surface area contributed by atoms with E-state index in [0.29, 0.717) is 27.7 Å². The van der Waals surface area contributed by atoms with Crippen molar-refractivity contribution in [1.82, 2.24) is 34.5 Å². The summed E-state index contributed by atoms with van der Waals surface area (Å²) in [7, 11) is 0. The van der Waals surface area contributed by atoms with E-state index in [1.54, 1.807) is 16.3 Å². The monoisotopic (exact) mass is 398 g/mol. The zero-order chi connectivity index (χ0) is 18.8. The molecule has 3 heterocycles. The highest BCUT2D eigenvalue weighted by atomic mass is 32.2. The van der Waals surface area contributed by atoms with Crippen molar-refractivity contribution in [3.8, 4) is 0 Å². The molecule has 0 radical (unpaired) electrons. The minimum atomic E-state index is 0.532. The third-order valence-corrected chi connectivity index (χ3v) is 5.72. The summed E-state index contributed by atoms with van der Waals surface area (Å²) in [5.74, 6) is 8.75. The first-order valence-electron chi connectivity index (χ1n) is 8.30. The van der Waals surface area contributed by atoms with Gasteiger partial charge in [-0.1, -0.05) is 53.9 Å². The standard InChI is InChI=1S/C17H18N8S2/c1-11-8-12(2)25-15(19-11)20-16(23-25)26-10-14-21-22-17(24(14)18)27-9-13-6-4-3-5-7-13/h3-8H,9-10,18H2,1-2H3. The van der Waals surface area contributed by atoms with Gasteiger partial charge in [-0.2, -0.15) is 4.98 Å². The predicted molar refractivity (Wildman–Crippen MR) is 106 cm³/mol. The predicted octanol–water partition coefficient (Wildman–Crippen LogP) is 2.63. The lowest BCUT2D eigenvalue weighted by atomic mass is 10.2. The topological polar surface area (TPSA) is 99.8 Å². The van der Waals surface area contributed by atoms with Gasteiger partial charge in [0, 0.05) is 17.1 Å². The smallest absolute Gasteiger partial charge is 0.253 e. The van der Waals surface area contributed by atoms with E-state index >= 15 is 0 Å². The summed E-state index contributed by atoms with van der Waals surface area (Å²) in [4.78, 5) is 8.86. The Morgan fingerprint density at radius 1 is 1.00 bits per heavy atom. The molecule has 8 nitrogen and oxygen atoms in total. The first-order chi connectivity index (χ1) is 13.1. The maximum atomic E-state index is 6.15. The Labute approximate surface area is 164 Å². The van der Waals surface area contributed by atoms with Gasteiger partial charge < -0.3 is 5.84 Å². The number of nitrogens with zero attached hydrogens (tertiary/aromatic N) is 7. The van der Waals surface area contributed by atoms with Crippen molar-refractivity contribution in [2.45, 2.75) is 35.7 Å². The first kappa shape index (κ1) is 17.8. The summed E-state index contributed by atoms with van der Waals surface area (Å²) in [5.41, 5.74) is 3.14. The normalized spacial score (nSPS) is 11.3. The molecule has 0 amide bonds. The van der Waals surface area contributed by atoms with Crippen LogP contribution in [-0.2, 0) is 11.5 Å². The number of benzene rings is 1. The number of aromatic nitrogens is 7. The molecule has 138 valence electrons. The molecule has 1 aromatic carbocycles. The van der Waals surface area contributed by atoms with Crippen LogP contribution in [0.25, 0.3) is 5.78 Å². The van der Waals surface area contributed by atoms with Gasteiger partial charge in [0.2, 0.25) is 10.3 Å². The molecule has 0 unspecified atom stereocenters. The molecule has 0 saturated heterocycles. The van der Waals surface area contributed by atoms with E-state index in [0.717, 1.165) is 17.1 Å². The van der Waals surface area contributed by atoms with Gasteiger partial charge in [0.25, 0.3) is 5.78 Å². The third kappa shape index (κ3) is 3.91. The van der Waals surface area contributed by atoms with Crippen LogP contribution in [-0.4, -0.2) is 34.5 Å². The maximum Gasteiger partial charge on any atom is 0.253 e. The van der Waals surface area contributed by atoms with E-state index in [1.807, 2.05) is 38.1 Å². The van der Waals surface area contributed by atoms with Gasteiger partial charge >= 0.3 is 0 Å². The largest absolute Gasteiger partial charge is 0.336 e. The Bertz CT molecular complexity index is 1070. The van der Waals surface area contributed by atoms with E-state index in [4.69, 9.17) is 5.84 Å². The zero-order valence-corrected chi connectivity index (χ0v) is 16.5. The highest BCUT2D eigenvalue weighted by molar-refractivity contribution is 7.98. The van der Waals surface area contributed by atoms with Crippen molar-refractivity contribution in [3.63, 3.8) is 0 Å². The molecule has 0 aliphatic carbocycles. The number of fused-ring (bicyclic) bond motifs is 1. The van der Waals surface area contributed by atoms with Crippen LogP contribution in [0.15, 0.2) is 46.7 Å². The zero-order valence-electron chi connectivity index (χ0n) is 14.9. The Kier molecular flexibility index (Phi) is 4.99. The highest BCUT2D eigenvalue weighted by Crippen LogP contribution is 2.23. The van der Waals surface area contributed by atoms with Crippen molar-refractivity contribution >= 4 is 29.3 Å². The molecule has 2 N–H and O–H groups in total. The lowest BCUT2D eigenvalue weighted by Crippen LogP contribution is -2.13. The number of nitrogen functional groups attached to an aromatic ring is 1. The minimum Gasteiger partial charge on any atom is -0.336 e. The van der Waals surface area contributed by atoms with Crippen molar-refractivity contribution in [2.75, 3.05) is 5.84 Å². The van der Waals surface area contributed by atoms with Crippen LogP contribution in [0.1, 0.15) is 22.8 Å². The van der Waals surface area contributed by atoms with Gasteiger partial charge in [-0.3, -0.25) is 0 Å². The quantitative estimate of drug-likeness (QED) is 0.391. The summed E-state index contributed by atoms with van der Waals surface area (Å²) in [6.07, 6.45) is 0. The third-order valence-electron chi connectivity index (χ3n) is 3.88. The van der Waals surface area contributed by atoms with Crippen molar-refractivity contribution in [1.29, 1.82) is 0 Å². The second-order valence-electron chi connectivity index (χ2n) is 5.98. The summed E-state index contributed by atoms with van der Waals surface area (Å²) in [6, 6.07) is 12.2. The Morgan fingerprint density at radius 3 is 2.63 bits per heavy atom. The molecular weight excluding hydrogens is 380 g/mol. The average Bonchev–Trinajstić information content (AvgIpc) is 3.22. The van der Waals surface area contributed by atoms with Crippen LogP contribution in [0.5, 0.6) is 0 Å². The van der Waals surface area contributed by atoms with E-state index in [9.17, 15) is 0 Å². The van der Waals surface area contributed by atoms with Crippen molar-refractivity contribution < 1.29 is 0 Å². The molecule has 0 aliphatic heterocycles. The fraction of sp³-hybridized carbons (Fsp3) is 0.235. The van der Waals surface area contributed by atoms with Gasteiger partial charge in [-0.05, 0) is 25.5 Å². The molecule has 0 fully saturated rings. The average molecular weight is 399 g/mol. The van der Waals surface area contributed by atoms with E-state index < -0.39 is 0 Å². The van der Waals surface area contributed by atoms with E-state index in [1.165, 1.54) is 22.0 Å². The maximum absolute atomic E-state index is 6.15. The van der Waals surface area contributed by atoms with Crippen LogP contribution in [0, 0.1) is 13.8 Å². The highest BCUT2D eigenvalue weighted by Gasteiger charge is 2.13. The lowest BCUT2D eigenvalue weighted by Gasteiger charge is -2.03. The summed E-state index contributed by atoms with van der Waals surface area (Å²) in [5, 5.41) is 14.2. The van der Waals surface area contributed by atoms with Crippen molar-refractivity contribution in [2.24, 2.45) is 0 Å². The van der Waals surface area contributed by atoms with Crippen LogP contribution < -0.4 is 5.84 Å². The fourth-order valence-electron chi connectivity index (χ4n) is 2.56. The second kappa shape index (κ2) is 7.57. The first-order valence-corrected chi connectivity index (χ1v) is 10.3. The van der Waals surface area contributed by atoms with E-state index in [2.05, 4.69) is 37.4 Å². The number of thioether (sulfide) groups is 2. The SMILES string of the molecule is Cc1cc(C)n2nc(SCc3nnc(SCc4ccccc4)n3N)nc2n1.